The third kappa shape index (κ3) is 8.71. The second kappa shape index (κ2) is 16.6. The molecule has 0 spiro atoms. The number of benzene rings is 5. The van der Waals surface area contributed by atoms with Crippen LogP contribution in [0.1, 0.15) is 41.6 Å². The SMILES string of the molecule is C[C@H]1[C@@H](CN2CCN(c3ccc([N+](=O)[O-])cc3)CC2)O[C@@H](c2ccc(-c3cccc(CNS(=O)(=O)c4ccccc4)c3)cc2)O[C@H]1c1ccc(CO)cc1. The van der Waals surface area contributed by atoms with Crippen molar-refractivity contribution in [1.29, 1.82) is 0 Å². The molecule has 0 amide bonds. The van der Waals surface area contributed by atoms with Crippen LogP contribution in [-0.4, -0.2) is 62.2 Å². The van der Waals surface area contributed by atoms with E-state index >= 15 is 0 Å². The molecule has 2 saturated heterocycles. The molecule has 5 aromatic rings. The number of hydrogen-bond acceptors (Lipinski definition) is 9. The molecule has 0 aromatic heterocycles. The number of ether oxygens (including phenoxy) is 2. The predicted molar refractivity (Wildman–Crippen MR) is 207 cm³/mol. The second-order valence-electron chi connectivity index (χ2n) is 13.8. The fraction of sp³-hybridized carbons (Fsp3) is 0.286. The first kappa shape index (κ1) is 37.4. The first-order valence-electron chi connectivity index (χ1n) is 18.1. The maximum Gasteiger partial charge on any atom is 0.269 e. The van der Waals surface area contributed by atoms with Crippen LogP contribution < -0.4 is 9.62 Å². The molecule has 0 saturated carbocycles. The first-order chi connectivity index (χ1) is 26.2. The van der Waals surface area contributed by atoms with Crippen molar-refractivity contribution in [3.8, 4) is 11.1 Å². The van der Waals surface area contributed by atoms with E-state index in [1.807, 2.05) is 84.9 Å². The van der Waals surface area contributed by atoms with Crippen LogP contribution in [0.3, 0.4) is 0 Å². The number of aliphatic hydroxyl groups excluding tert-OH is 1. The van der Waals surface area contributed by atoms with Gasteiger partial charge >= 0.3 is 0 Å². The fourth-order valence-corrected chi connectivity index (χ4v) is 8.15. The van der Waals surface area contributed by atoms with E-state index in [-0.39, 0.29) is 46.8 Å². The van der Waals surface area contributed by atoms with E-state index in [1.54, 1.807) is 42.5 Å². The lowest BCUT2D eigenvalue weighted by atomic mass is 9.89. The molecule has 0 radical (unpaired) electrons. The number of nitrogens with one attached hydrogen (secondary N) is 1. The summed E-state index contributed by atoms with van der Waals surface area (Å²) in [6.45, 7) is 6.27. The van der Waals surface area contributed by atoms with Gasteiger partial charge in [-0.2, -0.15) is 0 Å². The fourth-order valence-electron chi connectivity index (χ4n) is 7.11. The number of hydrogen-bond donors (Lipinski definition) is 2. The van der Waals surface area contributed by atoms with Gasteiger partial charge < -0.3 is 19.5 Å². The molecule has 2 aliphatic heterocycles. The molecule has 2 heterocycles. The first-order valence-corrected chi connectivity index (χ1v) is 19.6. The van der Waals surface area contributed by atoms with E-state index in [0.29, 0.717) is 0 Å². The molecule has 4 atom stereocenters. The van der Waals surface area contributed by atoms with Crippen molar-refractivity contribution < 1.29 is 27.9 Å². The highest BCUT2D eigenvalue weighted by Gasteiger charge is 2.39. The van der Waals surface area contributed by atoms with Gasteiger partial charge in [0.1, 0.15) is 0 Å². The van der Waals surface area contributed by atoms with Crippen molar-refractivity contribution in [2.24, 2.45) is 5.92 Å². The number of aliphatic hydroxyl groups is 1. The maximum atomic E-state index is 12.8. The molecule has 2 fully saturated rings. The maximum absolute atomic E-state index is 12.8. The van der Waals surface area contributed by atoms with Gasteiger partial charge in [-0.25, -0.2) is 13.1 Å². The average Bonchev–Trinajstić information content (AvgIpc) is 3.22. The molecule has 2 N–H and O–H groups in total. The van der Waals surface area contributed by atoms with Gasteiger partial charge in [0.2, 0.25) is 10.0 Å². The Morgan fingerprint density at radius 2 is 1.46 bits per heavy atom. The quantitative estimate of drug-likeness (QED) is 0.104. The summed E-state index contributed by atoms with van der Waals surface area (Å²) in [7, 11) is -3.63. The molecule has 280 valence electrons. The van der Waals surface area contributed by atoms with E-state index in [2.05, 4.69) is 21.4 Å². The summed E-state index contributed by atoms with van der Waals surface area (Å²) in [5.41, 5.74) is 6.61. The summed E-state index contributed by atoms with van der Waals surface area (Å²) in [5, 5.41) is 20.7. The standard InChI is InChI=1S/C42H44N4O7S/c1-30-40(28-44-22-24-45(25-23-44)37-18-20-38(21-19-37)46(48)49)52-42(53-41(30)34-12-10-31(29-47)11-13-34)35-16-14-33(15-17-35)36-7-5-6-32(26-36)27-43-54(50,51)39-8-3-2-4-9-39/h2-21,26,30,40-43,47H,22-25,27-29H2,1H3/t30-,40+,41+,42+/m0/s1. The van der Waals surface area contributed by atoms with Crippen LogP contribution in [0.2, 0.25) is 0 Å². The summed E-state index contributed by atoms with van der Waals surface area (Å²) in [4.78, 5) is 15.6. The Morgan fingerprint density at radius 3 is 2.13 bits per heavy atom. The van der Waals surface area contributed by atoms with Gasteiger partial charge in [-0.15, -0.1) is 0 Å². The summed E-state index contributed by atoms with van der Waals surface area (Å²) in [6.07, 6.45) is -0.977. The van der Waals surface area contributed by atoms with Gasteiger partial charge in [0.05, 0.1) is 28.6 Å². The highest BCUT2D eigenvalue weighted by molar-refractivity contribution is 7.89. The zero-order valence-corrected chi connectivity index (χ0v) is 30.8. The van der Waals surface area contributed by atoms with Crippen molar-refractivity contribution in [1.82, 2.24) is 9.62 Å². The van der Waals surface area contributed by atoms with Crippen LogP contribution >= 0.6 is 0 Å². The van der Waals surface area contributed by atoms with Crippen LogP contribution in [-0.2, 0) is 32.6 Å². The Labute approximate surface area is 316 Å². The number of non-ortho nitro benzene ring substituents is 1. The van der Waals surface area contributed by atoms with E-state index in [9.17, 15) is 23.6 Å². The Morgan fingerprint density at radius 1 is 0.778 bits per heavy atom. The lowest BCUT2D eigenvalue weighted by molar-refractivity contribution is -0.384. The molecule has 0 aliphatic carbocycles. The molecule has 0 bridgehead atoms. The number of piperazine rings is 1. The molecule has 0 unspecified atom stereocenters. The molecule has 7 rings (SSSR count). The van der Waals surface area contributed by atoms with E-state index < -0.39 is 16.3 Å². The summed E-state index contributed by atoms with van der Waals surface area (Å²) in [5.74, 6) is 0.0373. The molecule has 5 aromatic carbocycles. The normalized spacial score (nSPS) is 20.8. The molecule has 54 heavy (non-hydrogen) atoms. The van der Waals surface area contributed by atoms with Crippen LogP contribution in [0.4, 0.5) is 11.4 Å². The number of sulfonamides is 1. The summed E-state index contributed by atoms with van der Waals surface area (Å²) < 4.78 is 41.7. The molecular formula is C42H44N4O7S. The monoisotopic (exact) mass is 748 g/mol. The van der Waals surface area contributed by atoms with Gasteiger partial charge in [-0.3, -0.25) is 15.0 Å². The van der Waals surface area contributed by atoms with Crippen molar-refractivity contribution in [3.05, 3.63) is 160 Å². The topological polar surface area (TPSA) is 134 Å². The molecular weight excluding hydrogens is 705 g/mol. The lowest BCUT2D eigenvalue weighted by Gasteiger charge is -2.44. The van der Waals surface area contributed by atoms with Crippen molar-refractivity contribution in [3.63, 3.8) is 0 Å². The van der Waals surface area contributed by atoms with Crippen LogP contribution in [0.5, 0.6) is 0 Å². The number of nitro benzene ring substituents is 1. The zero-order valence-electron chi connectivity index (χ0n) is 30.0. The third-order valence-corrected chi connectivity index (χ3v) is 11.7. The lowest BCUT2D eigenvalue weighted by Crippen LogP contribution is -2.51. The summed E-state index contributed by atoms with van der Waals surface area (Å²) in [6, 6.07) is 38.9. The summed E-state index contributed by atoms with van der Waals surface area (Å²) >= 11 is 0. The highest BCUT2D eigenvalue weighted by atomic mass is 32.2. The van der Waals surface area contributed by atoms with Crippen molar-refractivity contribution >= 4 is 21.4 Å². The molecule has 2 aliphatic rings. The molecule has 12 heteroatoms. The minimum absolute atomic E-state index is 0.0277. The zero-order chi connectivity index (χ0) is 37.7. The third-order valence-electron chi connectivity index (χ3n) is 10.3. The van der Waals surface area contributed by atoms with E-state index in [4.69, 9.17) is 9.47 Å². The average molecular weight is 749 g/mol. The van der Waals surface area contributed by atoms with Crippen LogP contribution in [0.25, 0.3) is 11.1 Å². The van der Waals surface area contributed by atoms with Gasteiger partial charge in [0.25, 0.3) is 5.69 Å². The second-order valence-corrected chi connectivity index (χ2v) is 15.6. The predicted octanol–water partition coefficient (Wildman–Crippen LogP) is 6.85. The van der Waals surface area contributed by atoms with Crippen molar-refractivity contribution in [2.75, 3.05) is 37.6 Å². The van der Waals surface area contributed by atoms with Crippen molar-refractivity contribution in [2.45, 2.75) is 43.5 Å². The number of nitrogens with zero attached hydrogens (tertiary/aromatic N) is 3. The number of anilines is 1. The smallest absolute Gasteiger partial charge is 0.269 e. The minimum Gasteiger partial charge on any atom is -0.392 e. The largest absolute Gasteiger partial charge is 0.392 e. The van der Waals surface area contributed by atoms with Gasteiger partial charge in [0.15, 0.2) is 6.29 Å². The minimum atomic E-state index is -3.63. The van der Waals surface area contributed by atoms with Gasteiger partial charge in [-0.1, -0.05) is 91.9 Å². The number of nitro groups is 1. The number of rotatable bonds is 12. The van der Waals surface area contributed by atoms with E-state index in [1.165, 1.54) is 0 Å². The van der Waals surface area contributed by atoms with Crippen LogP contribution in [0, 0.1) is 16.0 Å². The Balaban J connectivity index is 1.04. The Hall–Kier alpha value is -4.95. The van der Waals surface area contributed by atoms with E-state index in [0.717, 1.165) is 71.8 Å². The Kier molecular flexibility index (Phi) is 11.5. The van der Waals surface area contributed by atoms with Gasteiger partial charge in [-0.05, 0) is 58.1 Å². The molecule has 11 nitrogen and oxygen atoms in total. The van der Waals surface area contributed by atoms with Gasteiger partial charge in [0, 0.05) is 68.6 Å². The highest BCUT2D eigenvalue weighted by Crippen LogP contribution is 2.42. The van der Waals surface area contributed by atoms with Crippen LogP contribution in [0.15, 0.2) is 132 Å². The Bertz CT molecular complexity index is 2130.